The Morgan fingerprint density at radius 3 is 2.88 bits per heavy atom. The Balaban J connectivity index is 2.18. The lowest BCUT2D eigenvalue weighted by Crippen LogP contribution is -2.45. The van der Waals surface area contributed by atoms with Gasteiger partial charge in [-0.25, -0.2) is 0 Å². The molecule has 0 spiro atoms. The van der Waals surface area contributed by atoms with Gasteiger partial charge in [0.05, 0.1) is 12.7 Å². The fraction of sp³-hybridized carbons (Fsp3) is 0.692. The molecule has 1 aromatic heterocycles. The summed E-state index contributed by atoms with van der Waals surface area (Å²) >= 11 is 1.86. The molecule has 96 valence electrons. The van der Waals surface area contributed by atoms with Crippen LogP contribution in [0.3, 0.4) is 0 Å². The summed E-state index contributed by atoms with van der Waals surface area (Å²) in [5, 5.41) is 0. The van der Waals surface area contributed by atoms with Crippen LogP contribution < -0.4 is 5.73 Å². The van der Waals surface area contributed by atoms with Gasteiger partial charge in [0.2, 0.25) is 0 Å². The summed E-state index contributed by atoms with van der Waals surface area (Å²) in [7, 11) is 0. The second-order valence-electron chi connectivity index (χ2n) is 4.80. The predicted octanol–water partition coefficient (Wildman–Crippen LogP) is 2.09. The van der Waals surface area contributed by atoms with E-state index >= 15 is 0 Å². The first-order valence-corrected chi connectivity index (χ1v) is 7.06. The molecule has 1 saturated heterocycles. The SMILES string of the molecule is Cc1cc(C(CN)N2CCOC(C)C2)c(C)s1. The van der Waals surface area contributed by atoms with Crippen LogP contribution in [0.15, 0.2) is 6.07 Å². The summed E-state index contributed by atoms with van der Waals surface area (Å²) in [6.07, 6.45) is 0.317. The maximum Gasteiger partial charge on any atom is 0.0674 e. The number of morpholine rings is 1. The minimum Gasteiger partial charge on any atom is -0.376 e. The van der Waals surface area contributed by atoms with Gasteiger partial charge in [0.15, 0.2) is 0 Å². The standard InChI is InChI=1S/C13H22N2OS/c1-9-8-15(4-5-16-9)13(7-14)12-6-10(2)17-11(12)3/h6,9,13H,4-5,7-8,14H2,1-3H3. The van der Waals surface area contributed by atoms with Crippen LogP contribution in [0, 0.1) is 13.8 Å². The molecule has 0 amide bonds. The number of aryl methyl sites for hydroxylation is 2. The van der Waals surface area contributed by atoms with E-state index in [1.807, 2.05) is 11.3 Å². The summed E-state index contributed by atoms with van der Waals surface area (Å²) in [6, 6.07) is 2.64. The van der Waals surface area contributed by atoms with Crippen LogP contribution in [0.4, 0.5) is 0 Å². The summed E-state index contributed by atoms with van der Waals surface area (Å²) in [5.41, 5.74) is 7.39. The lowest BCUT2D eigenvalue weighted by atomic mass is 10.0. The van der Waals surface area contributed by atoms with E-state index in [0.29, 0.717) is 18.7 Å². The number of hydrogen-bond acceptors (Lipinski definition) is 4. The molecule has 0 aromatic carbocycles. The van der Waals surface area contributed by atoms with Crippen LogP contribution >= 0.6 is 11.3 Å². The highest BCUT2D eigenvalue weighted by molar-refractivity contribution is 7.12. The number of thiophene rings is 1. The van der Waals surface area contributed by atoms with E-state index in [4.69, 9.17) is 10.5 Å². The Labute approximate surface area is 108 Å². The normalized spacial score (nSPS) is 23.9. The summed E-state index contributed by atoms with van der Waals surface area (Å²) < 4.78 is 5.59. The minimum absolute atomic E-state index is 0.317. The van der Waals surface area contributed by atoms with Crippen molar-refractivity contribution in [1.29, 1.82) is 0 Å². The zero-order valence-electron chi connectivity index (χ0n) is 10.9. The molecule has 2 rings (SSSR count). The Morgan fingerprint density at radius 1 is 1.59 bits per heavy atom. The number of nitrogens with two attached hydrogens (primary N) is 1. The highest BCUT2D eigenvalue weighted by Gasteiger charge is 2.26. The van der Waals surface area contributed by atoms with Crippen molar-refractivity contribution in [1.82, 2.24) is 4.90 Å². The molecule has 2 N–H and O–H groups in total. The molecule has 0 aliphatic carbocycles. The minimum atomic E-state index is 0.317. The van der Waals surface area contributed by atoms with Gasteiger partial charge in [-0.1, -0.05) is 0 Å². The molecule has 0 saturated carbocycles. The van der Waals surface area contributed by atoms with Gasteiger partial charge in [-0.05, 0) is 32.4 Å². The molecule has 3 nitrogen and oxygen atoms in total. The van der Waals surface area contributed by atoms with Gasteiger partial charge in [0.25, 0.3) is 0 Å². The van der Waals surface area contributed by atoms with Crippen LogP contribution in [-0.4, -0.2) is 37.2 Å². The topological polar surface area (TPSA) is 38.5 Å². The highest BCUT2D eigenvalue weighted by atomic mass is 32.1. The van der Waals surface area contributed by atoms with Crippen molar-refractivity contribution in [3.8, 4) is 0 Å². The molecule has 2 atom stereocenters. The van der Waals surface area contributed by atoms with Gasteiger partial charge >= 0.3 is 0 Å². The average molecular weight is 254 g/mol. The number of ether oxygens (including phenoxy) is 1. The lowest BCUT2D eigenvalue weighted by molar-refractivity contribution is -0.0333. The molecule has 1 fully saturated rings. The highest BCUT2D eigenvalue weighted by Crippen LogP contribution is 2.30. The van der Waals surface area contributed by atoms with Crippen LogP contribution in [-0.2, 0) is 4.74 Å². The van der Waals surface area contributed by atoms with E-state index in [0.717, 1.165) is 19.7 Å². The summed E-state index contributed by atoms with van der Waals surface area (Å²) in [6.45, 7) is 9.96. The van der Waals surface area contributed by atoms with E-state index < -0.39 is 0 Å². The Bertz CT molecular complexity index is 377. The van der Waals surface area contributed by atoms with Crippen LogP contribution in [0.2, 0.25) is 0 Å². The second-order valence-corrected chi connectivity index (χ2v) is 6.26. The monoisotopic (exact) mass is 254 g/mol. The first-order chi connectivity index (χ1) is 8.11. The van der Waals surface area contributed by atoms with Crippen molar-refractivity contribution < 1.29 is 4.74 Å². The van der Waals surface area contributed by atoms with Crippen molar-refractivity contribution >= 4 is 11.3 Å². The number of nitrogens with zero attached hydrogens (tertiary/aromatic N) is 1. The van der Waals surface area contributed by atoms with E-state index in [1.54, 1.807) is 0 Å². The van der Waals surface area contributed by atoms with Gasteiger partial charge in [-0.15, -0.1) is 11.3 Å². The van der Waals surface area contributed by atoms with Crippen molar-refractivity contribution in [2.24, 2.45) is 5.73 Å². The Hall–Kier alpha value is -0.420. The number of rotatable bonds is 3. The van der Waals surface area contributed by atoms with Gasteiger partial charge in [-0.2, -0.15) is 0 Å². The zero-order chi connectivity index (χ0) is 12.4. The molecule has 1 aliphatic rings. The van der Waals surface area contributed by atoms with Crippen LogP contribution in [0.5, 0.6) is 0 Å². The first-order valence-electron chi connectivity index (χ1n) is 6.24. The third kappa shape index (κ3) is 2.88. The van der Waals surface area contributed by atoms with Crippen molar-refractivity contribution in [2.45, 2.75) is 32.9 Å². The average Bonchev–Trinajstić information content (AvgIpc) is 2.59. The van der Waals surface area contributed by atoms with Gasteiger partial charge in [0.1, 0.15) is 0 Å². The van der Waals surface area contributed by atoms with Crippen LogP contribution in [0.25, 0.3) is 0 Å². The van der Waals surface area contributed by atoms with Gasteiger partial charge in [-0.3, -0.25) is 4.90 Å². The van der Waals surface area contributed by atoms with Crippen molar-refractivity contribution in [3.05, 3.63) is 21.4 Å². The maximum atomic E-state index is 5.98. The van der Waals surface area contributed by atoms with Crippen LogP contribution in [0.1, 0.15) is 28.3 Å². The van der Waals surface area contributed by atoms with E-state index in [9.17, 15) is 0 Å². The maximum absolute atomic E-state index is 5.98. The fourth-order valence-corrected chi connectivity index (χ4v) is 3.56. The molecule has 1 aliphatic heterocycles. The molecular formula is C13H22N2OS. The zero-order valence-corrected chi connectivity index (χ0v) is 11.7. The van der Waals surface area contributed by atoms with Gasteiger partial charge in [0, 0.05) is 35.4 Å². The lowest BCUT2D eigenvalue weighted by Gasteiger charge is -2.37. The molecular weight excluding hydrogens is 232 g/mol. The third-order valence-electron chi connectivity index (χ3n) is 3.37. The van der Waals surface area contributed by atoms with Crippen molar-refractivity contribution in [3.63, 3.8) is 0 Å². The molecule has 2 heterocycles. The smallest absolute Gasteiger partial charge is 0.0674 e. The summed E-state index contributed by atoms with van der Waals surface area (Å²) in [5.74, 6) is 0. The molecule has 1 aromatic rings. The predicted molar refractivity (Wildman–Crippen MR) is 72.6 cm³/mol. The Morgan fingerprint density at radius 2 is 2.35 bits per heavy atom. The molecule has 0 bridgehead atoms. The van der Waals surface area contributed by atoms with E-state index in [2.05, 4.69) is 31.7 Å². The largest absolute Gasteiger partial charge is 0.376 e. The quantitative estimate of drug-likeness (QED) is 0.897. The molecule has 0 radical (unpaired) electrons. The molecule has 2 unspecified atom stereocenters. The fourth-order valence-electron chi connectivity index (χ4n) is 2.58. The summed E-state index contributed by atoms with van der Waals surface area (Å²) in [4.78, 5) is 5.23. The van der Waals surface area contributed by atoms with E-state index in [1.165, 1.54) is 15.3 Å². The van der Waals surface area contributed by atoms with Crippen molar-refractivity contribution in [2.75, 3.05) is 26.2 Å². The first kappa shape index (κ1) is 13.0. The molecule has 4 heteroatoms. The van der Waals surface area contributed by atoms with E-state index in [-0.39, 0.29) is 0 Å². The number of hydrogen-bond donors (Lipinski definition) is 1. The second kappa shape index (κ2) is 5.48. The van der Waals surface area contributed by atoms with Gasteiger partial charge < -0.3 is 10.5 Å². The molecule has 17 heavy (non-hydrogen) atoms. The Kier molecular flexibility index (Phi) is 4.20. The third-order valence-corrected chi connectivity index (χ3v) is 4.36.